The first kappa shape index (κ1) is 16.7. The lowest BCUT2D eigenvalue weighted by Crippen LogP contribution is -2.41. The van der Waals surface area contributed by atoms with Crippen molar-refractivity contribution in [2.75, 3.05) is 20.1 Å². The fourth-order valence-electron chi connectivity index (χ4n) is 2.11. The Morgan fingerprint density at radius 3 is 2.70 bits per heavy atom. The van der Waals surface area contributed by atoms with Crippen LogP contribution < -0.4 is 11.1 Å². The summed E-state index contributed by atoms with van der Waals surface area (Å²) >= 11 is 0. The van der Waals surface area contributed by atoms with Crippen LogP contribution in [0.3, 0.4) is 0 Å². The highest BCUT2D eigenvalue weighted by Crippen LogP contribution is 2.02. The van der Waals surface area contributed by atoms with Crippen LogP contribution in [0, 0.1) is 0 Å². The molecule has 1 amide bonds. The first-order valence-electron chi connectivity index (χ1n) is 7.39. The van der Waals surface area contributed by atoms with Crippen LogP contribution in [0.1, 0.15) is 31.7 Å². The van der Waals surface area contributed by atoms with Crippen molar-refractivity contribution in [2.24, 2.45) is 5.73 Å². The number of hydrogen-bond donors (Lipinski definition) is 2. The van der Waals surface area contributed by atoms with Gasteiger partial charge in [0.25, 0.3) is 0 Å². The fourth-order valence-corrected chi connectivity index (χ4v) is 2.11. The number of benzene rings is 1. The van der Waals surface area contributed by atoms with E-state index in [4.69, 9.17) is 5.73 Å². The predicted molar refractivity (Wildman–Crippen MR) is 83.3 cm³/mol. The van der Waals surface area contributed by atoms with Crippen LogP contribution in [-0.2, 0) is 11.3 Å². The molecule has 4 heteroatoms. The first-order chi connectivity index (χ1) is 9.63. The summed E-state index contributed by atoms with van der Waals surface area (Å²) < 4.78 is 0. The SMILES string of the molecule is CCCC(N)C(=O)NCCCN(C)Cc1ccccc1. The van der Waals surface area contributed by atoms with Gasteiger partial charge in [-0.3, -0.25) is 4.79 Å². The van der Waals surface area contributed by atoms with Crippen molar-refractivity contribution in [3.05, 3.63) is 35.9 Å². The van der Waals surface area contributed by atoms with Crippen molar-refractivity contribution in [3.63, 3.8) is 0 Å². The van der Waals surface area contributed by atoms with Crippen molar-refractivity contribution in [1.29, 1.82) is 0 Å². The standard InChI is InChI=1S/C16H27N3O/c1-3-8-15(17)16(20)18-11-7-12-19(2)13-14-9-5-4-6-10-14/h4-6,9-10,15H,3,7-8,11-13,17H2,1-2H3,(H,18,20). The van der Waals surface area contributed by atoms with E-state index in [-0.39, 0.29) is 11.9 Å². The second kappa shape index (κ2) is 9.50. The van der Waals surface area contributed by atoms with Gasteiger partial charge in [0.05, 0.1) is 6.04 Å². The summed E-state index contributed by atoms with van der Waals surface area (Å²) in [5.41, 5.74) is 7.06. The number of nitrogens with two attached hydrogens (primary N) is 1. The summed E-state index contributed by atoms with van der Waals surface area (Å²) in [7, 11) is 2.09. The van der Waals surface area contributed by atoms with Gasteiger partial charge < -0.3 is 16.0 Å². The van der Waals surface area contributed by atoms with Crippen LogP contribution in [0.5, 0.6) is 0 Å². The van der Waals surface area contributed by atoms with Crippen molar-refractivity contribution in [2.45, 2.75) is 38.8 Å². The highest BCUT2D eigenvalue weighted by atomic mass is 16.2. The Bertz CT molecular complexity index is 381. The van der Waals surface area contributed by atoms with Crippen molar-refractivity contribution >= 4 is 5.91 Å². The van der Waals surface area contributed by atoms with E-state index < -0.39 is 0 Å². The number of rotatable bonds is 9. The number of amides is 1. The third-order valence-corrected chi connectivity index (χ3v) is 3.25. The molecular formula is C16H27N3O. The summed E-state index contributed by atoms with van der Waals surface area (Å²) in [6.45, 7) is 4.61. The Hall–Kier alpha value is -1.39. The quantitative estimate of drug-likeness (QED) is 0.676. The minimum atomic E-state index is -0.359. The lowest BCUT2D eigenvalue weighted by atomic mass is 10.1. The van der Waals surface area contributed by atoms with Gasteiger partial charge in [-0.2, -0.15) is 0 Å². The summed E-state index contributed by atoms with van der Waals surface area (Å²) in [6.07, 6.45) is 2.63. The van der Waals surface area contributed by atoms with Crippen LogP contribution in [-0.4, -0.2) is 37.0 Å². The van der Waals surface area contributed by atoms with Crippen LogP contribution in [0.15, 0.2) is 30.3 Å². The molecule has 0 spiro atoms. The monoisotopic (exact) mass is 277 g/mol. The lowest BCUT2D eigenvalue weighted by molar-refractivity contribution is -0.122. The van der Waals surface area contributed by atoms with Gasteiger partial charge in [0.2, 0.25) is 5.91 Å². The Kier molecular flexibility index (Phi) is 7.92. The summed E-state index contributed by atoms with van der Waals surface area (Å²) in [5.74, 6) is -0.0300. The Morgan fingerprint density at radius 1 is 1.35 bits per heavy atom. The van der Waals surface area contributed by atoms with Crippen LogP contribution >= 0.6 is 0 Å². The second-order valence-electron chi connectivity index (χ2n) is 5.26. The molecule has 0 aliphatic rings. The zero-order valence-electron chi connectivity index (χ0n) is 12.6. The molecule has 0 aliphatic heterocycles. The second-order valence-corrected chi connectivity index (χ2v) is 5.26. The maximum Gasteiger partial charge on any atom is 0.236 e. The molecule has 1 unspecified atom stereocenters. The summed E-state index contributed by atoms with van der Waals surface area (Å²) in [4.78, 5) is 13.9. The zero-order valence-corrected chi connectivity index (χ0v) is 12.6. The molecule has 0 fully saturated rings. The summed E-state index contributed by atoms with van der Waals surface area (Å²) in [5, 5.41) is 2.90. The number of carbonyl (C=O) groups is 1. The average molecular weight is 277 g/mol. The minimum Gasteiger partial charge on any atom is -0.355 e. The van der Waals surface area contributed by atoms with Crippen LogP contribution in [0.25, 0.3) is 0 Å². The van der Waals surface area contributed by atoms with Gasteiger partial charge in [0.15, 0.2) is 0 Å². The molecule has 0 saturated carbocycles. The van der Waals surface area contributed by atoms with E-state index in [1.54, 1.807) is 0 Å². The van der Waals surface area contributed by atoms with Gasteiger partial charge in [-0.15, -0.1) is 0 Å². The highest BCUT2D eigenvalue weighted by molar-refractivity contribution is 5.81. The molecule has 0 radical (unpaired) electrons. The normalized spacial score (nSPS) is 12.4. The topological polar surface area (TPSA) is 58.4 Å². The van der Waals surface area contributed by atoms with Gasteiger partial charge in [0, 0.05) is 13.1 Å². The lowest BCUT2D eigenvalue weighted by Gasteiger charge is -2.17. The number of carbonyl (C=O) groups excluding carboxylic acids is 1. The van der Waals surface area contributed by atoms with E-state index in [9.17, 15) is 4.79 Å². The largest absolute Gasteiger partial charge is 0.355 e. The molecule has 0 bridgehead atoms. The Morgan fingerprint density at radius 2 is 2.05 bits per heavy atom. The molecule has 1 atom stereocenters. The molecule has 1 rings (SSSR count). The van der Waals surface area contributed by atoms with Gasteiger partial charge in [-0.1, -0.05) is 43.7 Å². The zero-order chi connectivity index (χ0) is 14.8. The molecular weight excluding hydrogens is 250 g/mol. The number of nitrogens with one attached hydrogen (secondary N) is 1. The molecule has 1 aromatic rings. The van der Waals surface area contributed by atoms with E-state index in [1.807, 2.05) is 13.0 Å². The van der Waals surface area contributed by atoms with Crippen LogP contribution in [0.4, 0.5) is 0 Å². The first-order valence-corrected chi connectivity index (χ1v) is 7.39. The maximum atomic E-state index is 11.6. The molecule has 4 nitrogen and oxygen atoms in total. The van der Waals surface area contributed by atoms with Gasteiger partial charge in [-0.25, -0.2) is 0 Å². The van der Waals surface area contributed by atoms with Crippen LogP contribution in [0.2, 0.25) is 0 Å². The van der Waals surface area contributed by atoms with Crippen molar-refractivity contribution in [3.8, 4) is 0 Å². The van der Waals surface area contributed by atoms with E-state index in [1.165, 1.54) is 5.56 Å². The molecule has 20 heavy (non-hydrogen) atoms. The number of hydrogen-bond acceptors (Lipinski definition) is 3. The molecule has 1 aromatic carbocycles. The average Bonchev–Trinajstić information content (AvgIpc) is 2.44. The smallest absolute Gasteiger partial charge is 0.236 e. The van der Waals surface area contributed by atoms with E-state index in [0.717, 1.165) is 32.4 Å². The molecule has 0 aliphatic carbocycles. The van der Waals surface area contributed by atoms with E-state index >= 15 is 0 Å². The molecule has 3 N–H and O–H groups in total. The van der Waals surface area contributed by atoms with E-state index in [0.29, 0.717) is 6.54 Å². The van der Waals surface area contributed by atoms with Crippen molar-refractivity contribution in [1.82, 2.24) is 10.2 Å². The van der Waals surface area contributed by atoms with Gasteiger partial charge in [-0.05, 0) is 32.0 Å². The molecule has 0 aromatic heterocycles. The highest BCUT2D eigenvalue weighted by Gasteiger charge is 2.10. The summed E-state index contributed by atoms with van der Waals surface area (Å²) in [6, 6.07) is 10.0. The number of nitrogens with zero attached hydrogens (tertiary/aromatic N) is 1. The Labute approximate surface area is 122 Å². The van der Waals surface area contributed by atoms with Crippen molar-refractivity contribution < 1.29 is 4.79 Å². The fraction of sp³-hybridized carbons (Fsp3) is 0.562. The Balaban J connectivity index is 2.13. The third-order valence-electron chi connectivity index (χ3n) is 3.25. The van der Waals surface area contributed by atoms with Gasteiger partial charge >= 0.3 is 0 Å². The van der Waals surface area contributed by atoms with Gasteiger partial charge in [0.1, 0.15) is 0 Å². The maximum absolute atomic E-state index is 11.6. The third kappa shape index (κ3) is 6.68. The minimum absolute atomic E-state index is 0.0300. The molecule has 0 saturated heterocycles. The van der Waals surface area contributed by atoms with E-state index in [2.05, 4.69) is 41.5 Å². The molecule has 112 valence electrons. The molecule has 0 heterocycles. The predicted octanol–water partition coefficient (Wildman–Crippen LogP) is 1.75.